The molecule has 0 aliphatic heterocycles. The van der Waals surface area contributed by atoms with Crippen LogP contribution < -0.4 is 0 Å². The molecule has 13 heteroatoms. The second-order valence-corrected chi connectivity index (χ2v) is 22.6. The van der Waals surface area contributed by atoms with E-state index in [0.29, 0.717) is 13.0 Å². The van der Waals surface area contributed by atoms with Gasteiger partial charge in [0.15, 0.2) is 0 Å². The van der Waals surface area contributed by atoms with E-state index < -0.39 is 63.1 Å². The van der Waals surface area contributed by atoms with Crippen LogP contribution in [0, 0.1) is 0 Å². The van der Waals surface area contributed by atoms with Gasteiger partial charge in [-0.25, -0.2) is 4.57 Å². The number of aliphatic hydroxyl groups excluding tert-OH is 5. The first-order valence-electron chi connectivity index (χ1n) is 29.9. The van der Waals surface area contributed by atoms with Gasteiger partial charge in [0.1, 0.15) is 42.7 Å². The predicted octanol–water partition coefficient (Wildman–Crippen LogP) is 14.4. The number of rotatable bonds is 53. The third-order valence-corrected chi connectivity index (χ3v) is 15.5. The van der Waals surface area contributed by atoms with Crippen LogP contribution in [0.4, 0.5) is 0 Å². The van der Waals surface area contributed by atoms with Crippen LogP contribution in [0.1, 0.15) is 296 Å². The molecule has 0 aromatic heterocycles. The third-order valence-electron chi connectivity index (χ3n) is 14.5. The first kappa shape index (κ1) is 67.4. The molecule has 0 saturated heterocycles. The minimum Gasteiger partial charge on any atom is -0.457 e. The van der Waals surface area contributed by atoms with E-state index in [1.54, 1.807) is 0 Å². The number of carbonyl (C=O) groups is 1. The van der Waals surface area contributed by atoms with Gasteiger partial charge in [0.2, 0.25) is 0 Å². The van der Waals surface area contributed by atoms with Crippen molar-refractivity contribution in [3.63, 3.8) is 0 Å². The first-order valence-corrected chi connectivity index (χ1v) is 31.4. The second-order valence-electron chi connectivity index (χ2n) is 21.2. The monoisotopic (exact) mass is 1020 g/mol. The average Bonchev–Trinajstić information content (AvgIpc) is 3.35. The fraction of sp³-hybridized carbons (Fsp3) is 0.982. The van der Waals surface area contributed by atoms with Crippen molar-refractivity contribution in [2.45, 2.75) is 339 Å². The normalized spacial score (nSPS) is 20.7. The molecule has 0 aromatic carbocycles. The summed E-state index contributed by atoms with van der Waals surface area (Å²) in [5.74, 6) is -0.467. The Morgan fingerprint density at radius 3 is 0.986 bits per heavy atom. The van der Waals surface area contributed by atoms with E-state index in [1.807, 2.05) is 0 Å². The highest BCUT2D eigenvalue weighted by Gasteiger charge is 2.51. The molecule has 6 unspecified atom stereocenters. The largest absolute Gasteiger partial charge is 0.472 e. The predicted molar refractivity (Wildman–Crippen MR) is 286 cm³/mol. The molecular weight excluding hydrogens is 908 g/mol. The molecule has 8 atom stereocenters. The van der Waals surface area contributed by atoms with Gasteiger partial charge >= 0.3 is 13.8 Å². The summed E-state index contributed by atoms with van der Waals surface area (Å²) in [5, 5.41) is 50.4. The topological polar surface area (TPSA) is 192 Å². The molecule has 1 aliphatic rings. The number of carbonyl (C=O) groups excluding carboxylic acids is 1. The molecular formula is C57H113O12P. The summed E-state index contributed by atoms with van der Waals surface area (Å²) in [4.78, 5) is 23.3. The van der Waals surface area contributed by atoms with Crippen molar-refractivity contribution < 1.29 is 58.3 Å². The van der Waals surface area contributed by atoms with E-state index >= 15 is 0 Å². The minimum absolute atomic E-state index is 0.0674. The highest BCUT2D eigenvalue weighted by Crippen LogP contribution is 2.47. The summed E-state index contributed by atoms with van der Waals surface area (Å²) in [5.41, 5.74) is 0. The fourth-order valence-electron chi connectivity index (χ4n) is 9.77. The second kappa shape index (κ2) is 48.0. The molecule has 0 radical (unpaired) electrons. The van der Waals surface area contributed by atoms with Crippen molar-refractivity contribution in [3.05, 3.63) is 0 Å². The molecule has 1 rings (SSSR count). The van der Waals surface area contributed by atoms with Crippen LogP contribution >= 0.6 is 7.82 Å². The van der Waals surface area contributed by atoms with Gasteiger partial charge in [-0.1, -0.05) is 277 Å². The van der Waals surface area contributed by atoms with E-state index in [9.17, 15) is 39.8 Å². The number of esters is 1. The van der Waals surface area contributed by atoms with Crippen LogP contribution in [0.25, 0.3) is 0 Å². The Morgan fingerprint density at radius 1 is 0.400 bits per heavy atom. The zero-order chi connectivity index (χ0) is 51.2. The van der Waals surface area contributed by atoms with Crippen LogP contribution in [-0.2, 0) is 27.9 Å². The fourth-order valence-corrected chi connectivity index (χ4v) is 10.7. The Kier molecular flexibility index (Phi) is 46.2. The summed E-state index contributed by atoms with van der Waals surface area (Å²) < 4.78 is 34.4. The number of aliphatic hydroxyl groups is 5. The van der Waals surface area contributed by atoms with Gasteiger partial charge in [-0.15, -0.1) is 0 Å². The molecule has 0 aromatic rings. The lowest BCUT2D eigenvalue weighted by atomic mass is 9.85. The molecule has 0 spiro atoms. The van der Waals surface area contributed by atoms with Crippen molar-refractivity contribution in [2.75, 3.05) is 19.8 Å². The van der Waals surface area contributed by atoms with Crippen molar-refractivity contribution in [1.29, 1.82) is 0 Å². The molecule has 12 nitrogen and oxygen atoms in total. The zero-order valence-electron chi connectivity index (χ0n) is 45.4. The molecule has 70 heavy (non-hydrogen) atoms. The van der Waals surface area contributed by atoms with Crippen LogP contribution in [0.2, 0.25) is 0 Å². The van der Waals surface area contributed by atoms with Crippen LogP contribution in [0.3, 0.4) is 0 Å². The van der Waals surface area contributed by atoms with Gasteiger partial charge in [0.05, 0.1) is 13.2 Å². The Bertz CT molecular complexity index is 1160. The van der Waals surface area contributed by atoms with E-state index in [0.717, 1.165) is 38.5 Å². The van der Waals surface area contributed by atoms with Crippen molar-refractivity contribution in [3.8, 4) is 0 Å². The lowest BCUT2D eigenvalue weighted by molar-refractivity contribution is -0.220. The maximum absolute atomic E-state index is 12.9. The lowest BCUT2D eigenvalue weighted by Gasteiger charge is -2.41. The molecule has 0 amide bonds. The highest BCUT2D eigenvalue weighted by molar-refractivity contribution is 7.47. The summed E-state index contributed by atoms with van der Waals surface area (Å²) >= 11 is 0. The van der Waals surface area contributed by atoms with Crippen molar-refractivity contribution >= 4 is 13.8 Å². The number of ether oxygens (including phenoxy) is 2. The summed E-state index contributed by atoms with van der Waals surface area (Å²) in [7, 11) is -5.02. The molecule has 1 saturated carbocycles. The highest BCUT2D eigenvalue weighted by atomic mass is 31.2. The maximum atomic E-state index is 12.9. The molecule has 0 bridgehead atoms. The van der Waals surface area contributed by atoms with Gasteiger partial charge in [-0.2, -0.15) is 0 Å². The van der Waals surface area contributed by atoms with E-state index in [2.05, 4.69) is 13.8 Å². The third kappa shape index (κ3) is 38.9. The Morgan fingerprint density at radius 2 is 0.671 bits per heavy atom. The summed E-state index contributed by atoms with van der Waals surface area (Å²) in [6.45, 7) is 4.33. The van der Waals surface area contributed by atoms with Crippen LogP contribution in [0.5, 0.6) is 0 Å². The molecule has 418 valence electrons. The quantitative estimate of drug-likeness (QED) is 0.0192. The average molecular weight is 1020 g/mol. The van der Waals surface area contributed by atoms with Gasteiger partial charge in [-0.3, -0.25) is 13.8 Å². The van der Waals surface area contributed by atoms with Crippen molar-refractivity contribution in [2.24, 2.45) is 0 Å². The Labute approximate surface area is 429 Å². The van der Waals surface area contributed by atoms with E-state index in [4.69, 9.17) is 18.5 Å². The molecule has 1 fully saturated rings. The van der Waals surface area contributed by atoms with Gasteiger partial charge in [-0.05, 0) is 12.8 Å². The Balaban J connectivity index is 2.18. The molecule has 1 aliphatic carbocycles. The van der Waals surface area contributed by atoms with Gasteiger partial charge in [0.25, 0.3) is 0 Å². The Hall–Kier alpha value is -0.660. The number of phosphoric acid groups is 1. The summed E-state index contributed by atoms with van der Waals surface area (Å²) in [6, 6.07) is 0. The first-order chi connectivity index (χ1) is 34.0. The van der Waals surface area contributed by atoms with Gasteiger partial charge < -0.3 is 39.9 Å². The summed E-state index contributed by atoms with van der Waals surface area (Å²) in [6.07, 6.45) is 43.4. The van der Waals surface area contributed by atoms with E-state index in [1.165, 1.54) is 231 Å². The molecule has 6 N–H and O–H groups in total. The van der Waals surface area contributed by atoms with Gasteiger partial charge in [0, 0.05) is 13.0 Å². The maximum Gasteiger partial charge on any atom is 0.472 e. The number of hydrogen-bond donors (Lipinski definition) is 6. The van der Waals surface area contributed by atoms with E-state index in [-0.39, 0.29) is 13.0 Å². The minimum atomic E-state index is -5.02. The number of hydrogen-bond acceptors (Lipinski definition) is 11. The van der Waals surface area contributed by atoms with Crippen LogP contribution in [-0.4, -0.2) is 98.9 Å². The van der Waals surface area contributed by atoms with Crippen molar-refractivity contribution in [1.82, 2.24) is 0 Å². The zero-order valence-corrected chi connectivity index (χ0v) is 46.2. The standard InChI is InChI=1S/C57H113O12P/c1-3-5-7-9-11-13-15-17-19-20-21-22-23-24-25-26-27-28-29-30-31-32-33-34-36-38-40-42-44-46-51(58)68-50(48-66-47-45-43-41-39-37-35-18-16-14-12-10-8-6-4-2)49-67-70(64,65)69-57-55(62)53(60)52(59)54(61)56(57)63/h50,52-57,59-63H,3-49H2,1-2H3,(H,64,65)/t50-,52?,53-,54?,55?,56?,57?/m1/s1. The smallest absolute Gasteiger partial charge is 0.457 e. The number of unbranched alkanes of at least 4 members (excludes halogenated alkanes) is 41. The molecule has 0 heterocycles. The SMILES string of the molecule is CCCCCCCCCCCCCCCCCCCCCCCCCCCCCCCC(=O)O[C@H](COCCCCCCCCCCCCCCCC)COP(=O)(O)OC1C(O)C(O)C(O)[C@@H](O)C1O. The van der Waals surface area contributed by atoms with Crippen LogP contribution in [0.15, 0.2) is 0 Å². The number of phosphoric ester groups is 1. The lowest BCUT2D eigenvalue weighted by Crippen LogP contribution is -2.64.